The highest BCUT2D eigenvalue weighted by Gasteiger charge is 2.40. The minimum atomic E-state index is 0.357. The predicted molar refractivity (Wildman–Crippen MR) is 73.9 cm³/mol. The molecule has 1 saturated heterocycles. The van der Waals surface area contributed by atoms with Crippen molar-refractivity contribution in [3.05, 3.63) is 0 Å². The summed E-state index contributed by atoms with van der Waals surface area (Å²) in [6, 6.07) is 0.396. The van der Waals surface area contributed by atoms with Gasteiger partial charge in [0.05, 0.1) is 0 Å². The standard InChI is InChI=1S/C15H30N2/c1-14(2)7-5-9-17(11-14)10-12-6-8-15(3,4)13(12)16/h12-13H,5-11,16H2,1-4H3. The van der Waals surface area contributed by atoms with Crippen LogP contribution in [0.4, 0.5) is 0 Å². The number of piperidine rings is 1. The zero-order valence-corrected chi connectivity index (χ0v) is 12.1. The van der Waals surface area contributed by atoms with E-state index in [0.717, 1.165) is 5.92 Å². The molecule has 0 bridgehead atoms. The van der Waals surface area contributed by atoms with E-state index in [-0.39, 0.29) is 0 Å². The highest BCUT2D eigenvalue weighted by Crippen LogP contribution is 2.41. The number of hydrogen-bond donors (Lipinski definition) is 1. The Morgan fingerprint density at radius 1 is 1.18 bits per heavy atom. The first kappa shape index (κ1) is 13.4. The van der Waals surface area contributed by atoms with Crippen LogP contribution in [-0.4, -0.2) is 30.6 Å². The Morgan fingerprint density at radius 3 is 2.41 bits per heavy atom. The first-order valence-corrected chi connectivity index (χ1v) is 7.28. The topological polar surface area (TPSA) is 29.3 Å². The number of nitrogens with zero attached hydrogens (tertiary/aromatic N) is 1. The van der Waals surface area contributed by atoms with E-state index in [4.69, 9.17) is 5.73 Å². The third kappa shape index (κ3) is 3.03. The van der Waals surface area contributed by atoms with Gasteiger partial charge in [-0.1, -0.05) is 27.7 Å². The van der Waals surface area contributed by atoms with Crippen molar-refractivity contribution in [3.63, 3.8) is 0 Å². The van der Waals surface area contributed by atoms with Crippen molar-refractivity contribution >= 4 is 0 Å². The quantitative estimate of drug-likeness (QED) is 0.801. The van der Waals surface area contributed by atoms with E-state index in [1.165, 1.54) is 45.3 Å². The van der Waals surface area contributed by atoms with E-state index in [1.807, 2.05) is 0 Å². The molecule has 1 heterocycles. The maximum absolute atomic E-state index is 6.41. The van der Waals surface area contributed by atoms with Gasteiger partial charge in [-0.2, -0.15) is 0 Å². The van der Waals surface area contributed by atoms with Crippen LogP contribution in [0.1, 0.15) is 53.4 Å². The summed E-state index contributed by atoms with van der Waals surface area (Å²) in [5.41, 5.74) is 7.28. The zero-order valence-electron chi connectivity index (χ0n) is 12.1. The number of likely N-dealkylation sites (tertiary alicyclic amines) is 1. The van der Waals surface area contributed by atoms with Gasteiger partial charge in [0.25, 0.3) is 0 Å². The first-order valence-electron chi connectivity index (χ1n) is 7.28. The average molecular weight is 238 g/mol. The van der Waals surface area contributed by atoms with E-state index in [0.29, 0.717) is 16.9 Å². The van der Waals surface area contributed by atoms with Gasteiger partial charge in [0.1, 0.15) is 0 Å². The molecule has 0 radical (unpaired) electrons. The second-order valence-electron chi connectivity index (χ2n) is 7.82. The smallest absolute Gasteiger partial charge is 0.0131 e. The molecule has 17 heavy (non-hydrogen) atoms. The van der Waals surface area contributed by atoms with Gasteiger partial charge in [-0.3, -0.25) is 0 Å². The van der Waals surface area contributed by atoms with Gasteiger partial charge in [-0.15, -0.1) is 0 Å². The van der Waals surface area contributed by atoms with Crippen LogP contribution in [0, 0.1) is 16.7 Å². The SMILES string of the molecule is CC1(C)CCCN(CC2CCC(C)(C)C2N)C1. The summed E-state index contributed by atoms with van der Waals surface area (Å²) >= 11 is 0. The Labute approximate surface area is 107 Å². The van der Waals surface area contributed by atoms with Crippen LogP contribution in [0.5, 0.6) is 0 Å². The van der Waals surface area contributed by atoms with Gasteiger partial charge >= 0.3 is 0 Å². The maximum atomic E-state index is 6.41. The third-order valence-corrected chi connectivity index (χ3v) is 5.04. The van der Waals surface area contributed by atoms with Crippen LogP contribution < -0.4 is 5.73 Å². The van der Waals surface area contributed by atoms with E-state index in [9.17, 15) is 0 Å². The van der Waals surface area contributed by atoms with Gasteiger partial charge in [0, 0.05) is 19.1 Å². The molecule has 2 rings (SSSR count). The molecule has 2 fully saturated rings. The Hall–Kier alpha value is -0.0800. The summed E-state index contributed by atoms with van der Waals surface area (Å²) in [6.45, 7) is 13.2. The van der Waals surface area contributed by atoms with E-state index < -0.39 is 0 Å². The molecule has 1 saturated carbocycles. The summed E-state index contributed by atoms with van der Waals surface area (Å²) in [5, 5.41) is 0. The van der Waals surface area contributed by atoms with E-state index >= 15 is 0 Å². The van der Waals surface area contributed by atoms with Crippen LogP contribution in [0.15, 0.2) is 0 Å². The lowest BCUT2D eigenvalue weighted by Gasteiger charge is -2.40. The maximum Gasteiger partial charge on any atom is 0.0131 e. The Balaban J connectivity index is 1.90. The van der Waals surface area contributed by atoms with Crippen LogP contribution in [0.2, 0.25) is 0 Å². The van der Waals surface area contributed by atoms with Crippen molar-refractivity contribution in [2.24, 2.45) is 22.5 Å². The van der Waals surface area contributed by atoms with Crippen LogP contribution in [0.25, 0.3) is 0 Å². The normalized spacial score (nSPS) is 37.2. The summed E-state index contributed by atoms with van der Waals surface area (Å²) in [6.07, 6.45) is 5.37. The van der Waals surface area contributed by atoms with Crippen LogP contribution in [0.3, 0.4) is 0 Å². The van der Waals surface area contributed by atoms with E-state index in [1.54, 1.807) is 0 Å². The minimum absolute atomic E-state index is 0.357. The lowest BCUT2D eigenvalue weighted by molar-refractivity contribution is 0.0966. The van der Waals surface area contributed by atoms with Crippen LogP contribution >= 0.6 is 0 Å². The second-order valence-corrected chi connectivity index (χ2v) is 7.82. The molecule has 2 heteroatoms. The fourth-order valence-electron chi connectivity index (χ4n) is 3.78. The summed E-state index contributed by atoms with van der Waals surface area (Å²) in [5.74, 6) is 0.721. The zero-order chi connectivity index (χ0) is 12.7. The first-order chi connectivity index (χ1) is 7.80. The molecule has 2 aliphatic rings. The molecule has 1 aliphatic carbocycles. The number of nitrogens with two attached hydrogens (primary N) is 1. The second kappa shape index (κ2) is 4.55. The molecule has 2 nitrogen and oxygen atoms in total. The van der Waals surface area contributed by atoms with Crippen LogP contribution in [-0.2, 0) is 0 Å². The van der Waals surface area contributed by atoms with Gasteiger partial charge in [0.15, 0.2) is 0 Å². The highest BCUT2D eigenvalue weighted by molar-refractivity contribution is 4.95. The molecule has 0 amide bonds. The Morgan fingerprint density at radius 2 is 1.88 bits per heavy atom. The average Bonchev–Trinajstić information content (AvgIpc) is 2.44. The molecule has 2 atom stereocenters. The van der Waals surface area contributed by atoms with Crippen molar-refractivity contribution in [1.29, 1.82) is 0 Å². The lowest BCUT2D eigenvalue weighted by atomic mass is 9.82. The monoisotopic (exact) mass is 238 g/mol. The van der Waals surface area contributed by atoms with Crippen molar-refractivity contribution in [2.75, 3.05) is 19.6 Å². The molecule has 2 unspecified atom stereocenters. The molecule has 0 aromatic rings. The molecule has 1 aliphatic heterocycles. The van der Waals surface area contributed by atoms with Crippen molar-refractivity contribution in [2.45, 2.75) is 59.4 Å². The van der Waals surface area contributed by atoms with E-state index in [2.05, 4.69) is 32.6 Å². The minimum Gasteiger partial charge on any atom is -0.327 e. The number of hydrogen-bond acceptors (Lipinski definition) is 2. The molecule has 0 aromatic heterocycles. The molecule has 2 N–H and O–H groups in total. The van der Waals surface area contributed by atoms with Gasteiger partial charge in [-0.05, 0) is 49.0 Å². The summed E-state index contributed by atoms with van der Waals surface area (Å²) in [4.78, 5) is 2.66. The molecule has 0 spiro atoms. The number of rotatable bonds is 2. The largest absolute Gasteiger partial charge is 0.327 e. The molecule has 100 valence electrons. The lowest BCUT2D eigenvalue weighted by Crippen LogP contribution is -2.46. The molecular formula is C15H30N2. The molecular weight excluding hydrogens is 208 g/mol. The summed E-state index contributed by atoms with van der Waals surface area (Å²) < 4.78 is 0. The van der Waals surface area contributed by atoms with Gasteiger partial charge in [0.2, 0.25) is 0 Å². The fraction of sp³-hybridized carbons (Fsp3) is 1.00. The molecule has 0 aromatic carbocycles. The van der Waals surface area contributed by atoms with Crippen molar-refractivity contribution in [1.82, 2.24) is 4.90 Å². The third-order valence-electron chi connectivity index (χ3n) is 5.04. The Kier molecular flexibility index (Phi) is 3.57. The van der Waals surface area contributed by atoms with Gasteiger partial charge < -0.3 is 10.6 Å². The highest BCUT2D eigenvalue weighted by atomic mass is 15.1. The van der Waals surface area contributed by atoms with Crippen molar-refractivity contribution < 1.29 is 0 Å². The predicted octanol–water partition coefficient (Wildman–Crippen LogP) is 2.87. The van der Waals surface area contributed by atoms with Gasteiger partial charge in [-0.25, -0.2) is 0 Å². The summed E-state index contributed by atoms with van der Waals surface area (Å²) in [7, 11) is 0. The Bertz CT molecular complexity index is 270. The van der Waals surface area contributed by atoms with Crippen molar-refractivity contribution in [3.8, 4) is 0 Å². The fourth-order valence-corrected chi connectivity index (χ4v) is 3.78.